The van der Waals surface area contributed by atoms with Crippen molar-refractivity contribution in [1.82, 2.24) is 9.97 Å². The highest BCUT2D eigenvalue weighted by Gasteiger charge is 2.28. The molecule has 0 atom stereocenters. The molecular formula is C16H17F3N6. The molecule has 0 aliphatic carbocycles. The number of hydrazone groups is 1. The number of aliphatic imine (C=N–C) groups is 1. The standard InChI is InChI=1S/C16H17F3N6/c1-10-6-22-15(23-7-10)24-9-12(25-20)8-21-11-3-4-14(17)13(5-11)16(2,18)19/h3-8H,9,20H2,1-2H3,(H,22,23,24). The molecule has 0 aliphatic rings. The number of benzene rings is 1. The average Bonchev–Trinajstić information content (AvgIpc) is 2.57. The van der Waals surface area contributed by atoms with Crippen LogP contribution in [0.5, 0.6) is 0 Å². The Hall–Kier alpha value is -2.97. The molecule has 0 fully saturated rings. The van der Waals surface area contributed by atoms with Crippen LogP contribution in [0.2, 0.25) is 0 Å². The molecule has 0 bridgehead atoms. The highest BCUT2D eigenvalue weighted by atomic mass is 19.3. The third-order valence-electron chi connectivity index (χ3n) is 3.16. The zero-order chi connectivity index (χ0) is 18.4. The van der Waals surface area contributed by atoms with Crippen LogP contribution >= 0.6 is 0 Å². The molecule has 1 aromatic heterocycles. The van der Waals surface area contributed by atoms with Gasteiger partial charge in [0, 0.05) is 19.3 Å². The van der Waals surface area contributed by atoms with Crippen molar-refractivity contribution in [2.45, 2.75) is 19.8 Å². The van der Waals surface area contributed by atoms with Gasteiger partial charge in [0.2, 0.25) is 5.95 Å². The summed E-state index contributed by atoms with van der Waals surface area (Å²) in [5.74, 6) is 1.38. The van der Waals surface area contributed by atoms with Crippen LogP contribution in [-0.4, -0.2) is 28.4 Å². The number of halogens is 3. The SMILES string of the molecule is Cc1cnc(NCC(C=Nc2ccc(F)c(C(C)(F)F)c2)=NN)nc1. The molecule has 0 saturated carbocycles. The van der Waals surface area contributed by atoms with E-state index in [1.54, 1.807) is 12.4 Å². The molecule has 25 heavy (non-hydrogen) atoms. The van der Waals surface area contributed by atoms with Crippen molar-refractivity contribution in [1.29, 1.82) is 0 Å². The van der Waals surface area contributed by atoms with Crippen LogP contribution in [0.1, 0.15) is 18.1 Å². The van der Waals surface area contributed by atoms with E-state index in [1.165, 1.54) is 12.3 Å². The highest BCUT2D eigenvalue weighted by Crippen LogP contribution is 2.31. The van der Waals surface area contributed by atoms with Gasteiger partial charge in [0.05, 0.1) is 29.7 Å². The maximum atomic E-state index is 13.5. The second-order valence-corrected chi connectivity index (χ2v) is 5.37. The van der Waals surface area contributed by atoms with E-state index in [0.717, 1.165) is 17.7 Å². The number of anilines is 1. The summed E-state index contributed by atoms with van der Waals surface area (Å²) in [5, 5.41) is 6.45. The summed E-state index contributed by atoms with van der Waals surface area (Å²) in [5.41, 5.74) is 0.684. The third-order valence-corrected chi connectivity index (χ3v) is 3.16. The Balaban J connectivity index is 2.07. The summed E-state index contributed by atoms with van der Waals surface area (Å²) in [6.07, 6.45) is 4.59. The highest BCUT2D eigenvalue weighted by molar-refractivity contribution is 6.32. The van der Waals surface area contributed by atoms with Gasteiger partial charge in [-0.3, -0.25) is 4.99 Å². The lowest BCUT2D eigenvalue weighted by Crippen LogP contribution is -2.18. The van der Waals surface area contributed by atoms with E-state index in [0.29, 0.717) is 18.6 Å². The Morgan fingerprint density at radius 3 is 2.60 bits per heavy atom. The van der Waals surface area contributed by atoms with E-state index < -0.39 is 17.3 Å². The summed E-state index contributed by atoms with van der Waals surface area (Å²) in [7, 11) is 0. The van der Waals surface area contributed by atoms with Crippen molar-refractivity contribution in [2.75, 3.05) is 11.9 Å². The zero-order valence-electron chi connectivity index (χ0n) is 13.7. The molecule has 0 unspecified atom stereocenters. The van der Waals surface area contributed by atoms with Gasteiger partial charge in [0.1, 0.15) is 5.82 Å². The molecule has 0 spiro atoms. The Labute approximate surface area is 142 Å². The number of nitrogens with two attached hydrogens (primary N) is 1. The van der Waals surface area contributed by atoms with Gasteiger partial charge in [0.25, 0.3) is 5.92 Å². The lowest BCUT2D eigenvalue weighted by atomic mass is 10.1. The first-order chi connectivity index (χ1) is 11.8. The van der Waals surface area contributed by atoms with Crippen molar-refractivity contribution in [3.8, 4) is 0 Å². The monoisotopic (exact) mass is 350 g/mol. The first-order valence-electron chi connectivity index (χ1n) is 7.31. The number of aryl methyl sites for hydroxylation is 1. The number of aromatic nitrogens is 2. The number of alkyl halides is 2. The number of rotatable bonds is 6. The fraction of sp³-hybridized carbons (Fsp3) is 0.250. The van der Waals surface area contributed by atoms with Crippen LogP contribution in [-0.2, 0) is 5.92 Å². The number of hydrogen-bond donors (Lipinski definition) is 2. The molecule has 0 radical (unpaired) electrons. The number of nitrogens with zero attached hydrogens (tertiary/aromatic N) is 4. The second kappa shape index (κ2) is 7.73. The lowest BCUT2D eigenvalue weighted by molar-refractivity contribution is 0.0138. The smallest absolute Gasteiger partial charge is 0.273 e. The molecule has 2 aromatic rings. The minimum atomic E-state index is -3.30. The van der Waals surface area contributed by atoms with Gasteiger partial charge in [-0.25, -0.2) is 23.1 Å². The van der Waals surface area contributed by atoms with Crippen LogP contribution in [0.4, 0.5) is 24.8 Å². The Morgan fingerprint density at radius 2 is 2.00 bits per heavy atom. The van der Waals surface area contributed by atoms with E-state index in [9.17, 15) is 13.2 Å². The van der Waals surface area contributed by atoms with Crippen LogP contribution in [0.15, 0.2) is 40.7 Å². The normalized spacial score (nSPS) is 12.6. The molecule has 1 heterocycles. The maximum absolute atomic E-state index is 13.5. The summed E-state index contributed by atoms with van der Waals surface area (Å²) in [6.45, 7) is 2.66. The summed E-state index contributed by atoms with van der Waals surface area (Å²) >= 11 is 0. The van der Waals surface area contributed by atoms with Gasteiger partial charge in [-0.2, -0.15) is 5.10 Å². The van der Waals surface area contributed by atoms with Crippen molar-refractivity contribution in [2.24, 2.45) is 15.9 Å². The van der Waals surface area contributed by atoms with Crippen molar-refractivity contribution >= 4 is 23.6 Å². The van der Waals surface area contributed by atoms with Crippen molar-refractivity contribution in [3.63, 3.8) is 0 Å². The first kappa shape index (κ1) is 18.4. The predicted octanol–water partition coefficient (Wildman–Crippen LogP) is 3.16. The number of nitrogens with one attached hydrogen (secondary N) is 1. The predicted molar refractivity (Wildman–Crippen MR) is 91.0 cm³/mol. The fourth-order valence-electron chi connectivity index (χ4n) is 1.86. The summed E-state index contributed by atoms with van der Waals surface area (Å²) < 4.78 is 40.1. The van der Waals surface area contributed by atoms with Gasteiger partial charge >= 0.3 is 0 Å². The number of hydrogen-bond acceptors (Lipinski definition) is 6. The Kier molecular flexibility index (Phi) is 5.68. The topological polar surface area (TPSA) is 88.5 Å². The van der Waals surface area contributed by atoms with Crippen molar-refractivity contribution < 1.29 is 13.2 Å². The van der Waals surface area contributed by atoms with E-state index in [4.69, 9.17) is 5.84 Å². The molecule has 0 saturated heterocycles. The molecule has 6 nitrogen and oxygen atoms in total. The lowest BCUT2D eigenvalue weighted by Gasteiger charge is -2.11. The van der Waals surface area contributed by atoms with E-state index in [1.807, 2.05) is 6.92 Å². The minimum absolute atomic E-state index is 0.158. The summed E-state index contributed by atoms with van der Waals surface area (Å²) in [4.78, 5) is 12.1. The zero-order valence-corrected chi connectivity index (χ0v) is 13.7. The summed E-state index contributed by atoms with van der Waals surface area (Å²) in [6, 6.07) is 3.21. The molecule has 1 aromatic carbocycles. The molecule has 9 heteroatoms. The molecule has 132 valence electrons. The van der Waals surface area contributed by atoms with Crippen LogP contribution in [0.25, 0.3) is 0 Å². The van der Waals surface area contributed by atoms with Gasteiger partial charge < -0.3 is 11.2 Å². The maximum Gasteiger partial charge on any atom is 0.273 e. The first-order valence-corrected chi connectivity index (χ1v) is 7.31. The van der Waals surface area contributed by atoms with Crippen LogP contribution in [0.3, 0.4) is 0 Å². The van der Waals surface area contributed by atoms with Crippen LogP contribution in [0, 0.1) is 12.7 Å². The van der Waals surface area contributed by atoms with Crippen LogP contribution < -0.4 is 11.2 Å². The van der Waals surface area contributed by atoms with E-state index in [-0.39, 0.29) is 12.2 Å². The van der Waals surface area contributed by atoms with E-state index >= 15 is 0 Å². The third kappa shape index (κ3) is 5.27. The van der Waals surface area contributed by atoms with Crippen molar-refractivity contribution in [3.05, 3.63) is 47.5 Å². The molecule has 2 rings (SSSR count). The fourth-order valence-corrected chi connectivity index (χ4v) is 1.86. The molecule has 3 N–H and O–H groups in total. The molecule has 0 aliphatic heterocycles. The van der Waals surface area contributed by atoms with Gasteiger partial charge in [-0.15, -0.1) is 0 Å². The molecular weight excluding hydrogens is 333 g/mol. The molecule has 0 amide bonds. The quantitative estimate of drug-likeness (QED) is 0.476. The van der Waals surface area contributed by atoms with Gasteiger partial charge in [-0.05, 0) is 30.7 Å². The largest absolute Gasteiger partial charge is 0.348 e. The second-order valence-electron chi connectivity index (χ2n) is 5.37. The average molecular weight is 350 g/mol. The Morgan fingerprint density at radius 1 is 1.32 bits per heavy atom. The van der Waals surface area contributed by atoms with Gasteiger partial charge in [0.15, 0.2) is 0 Å². The van der Waals surface area contributed by atoms with Gasteiger partial charge in [-0.1, -0.05) is 0 Å². The Bertz CT molecular complexity index is 781. The van der Waals surface area contributed by atoms with E-state index in [2.05, 4.69) is 25.4 Å². The minimum Gasteiger partial charge on any atom is -0.348 e.